The summed E-state index contributed by atoms with van der Waals surface area (Å²) in [6.45, 7) is 0.0707. The van der Waals surface area contributed by atoms with Gasteiger partial charge in [0, 0.05) is 6.54 Å². The van der Waals surface area contributed by atoms with E-state index in [4.69, 9.17) is 5.11 Å². The number of benzene rings is 1. The average molecular weight is 281 g/mol. The molecule has 3 N–H and O–H groups in total. The van der Waals surface area contributed by atoms with E-state index >= 15 is 0 Å². The summed E-state index contributed by atoms with van der Waals surface area (Å²) in [7, 11) is -3.94. The van der Waals surface area contributed by atoms with E-state index in [0.717, 1.165) is 11.8 Å². The zero-order valence-electron chi connectivity index (χ0n) is 9.70. The van der Waals surface area contributed by atoms with Gasteiger partial charge < -0.3 is 5.11 Å². The molecule has 2 aromatic rings. The fourth-order valence-electron chi connectivity index (χ4n) is 1.48. The molecule has 2 rings (SSSR count). The van der Waals surface area contributed by atoms with Gasteiger partial charge in [-0.2, -0.15) is 5.10 Å². The summed E-state index contributed by atoms with van der Waals surface area (Å²) in [5, 5.41) is 14.0. The second-order valence-electron chi connectivity index (χ2n) is 3.73. The lowest BCUT2D eigenvalue weighted by Gasteiger charge is -2.05. The molecule has 0 radical (unpaired) electrons. The maximum Gasteiger partial charge on any atom is 0.340 e. The smallest absolute Gasteiger partial charge is 0.340 e. The third-order valence-electron chi connectivity index (χ3n) is 2.41. The number of rotatable bonds is 5. The first-order valence-corrected chi connectivity index (χ1v) is 6.79. The molecule has 19 heavy (non-hydrogen) atoms. The third kappa shape index (κ3) is 2.98. The lowest BCUT2D eigenvalue weighted by Crippen LogP contribution is -2.25. The number of carboxylic acids is 1. The Morgan fingerprint density at radius 3 is 2.63 bits per heavy atom. The summed E-state index contributed by atoms with van der Waals surface area (Å²) in [6, 6.07) is 8.89. The van der Waals surface area contributed by atoms with Crippen molar-refractivity contribution in [3.8, 4) is 0 Å². The number of nitrogens with zero attached hydrogens (tertiary/aromatic N) is 1. The average Bonchev–Trinajstić information content (AvgIpc) is 2.88. The summed E-state index contributed by atoms with van der Waals surface area (Å²) in [5.74, 6) is -1.35. The normalized spacial score (nSPS) is 11.4. The van der Waals surface area contributed by atoms with Crippen molar-refractivity contribution in [2.24, 2.45) is 0 Å². The van der Waals surface area contributed by atoms with E-state index in [9.17, 15) is 13.2 Å². The molecule has 0 aliphatic carbocycles. The summed E-state index contributed by atoms with van der Waals surface area (Å²) in [4.78, 5) is 10.9. The van der Waals surface area contributed by atoms with Gasteiger partial charge in [0.05, 0.1) is 6.20 Å². The molecule has 0 unspecified atom stereocenters. The topological polar surface area (TPSA) is 112 Å². The van der Waals surface area contributed by atoms with Crippen LogP contribution in [0.25, 0.3) is 0 Å². The van der Waals surface area contributed by atoms with Crippen LogP contribution >= 0.6 is 0 Å². The number of hydrogen-bond acceptors (Lipinski definition) is 4. The van der Waals surface area contributed by atoms with Crippen LogP contribution < -0.4 is 4.72 Å². The number of nitrogens with one attached hydrogen (secondary N) is 2. The van der Waals surface area contributed by atoms with E-state index < -0.39 is 21.0 Å². The van der Waals surface area contributed by atoms with Crippen molar-refractivity contribution < 1.29 is 18.3 Å². The van der Waals surface area contributed by atoms with Gasteiger partial charge in [-0.25, -0.2) is 17.9 Å². The Hall–Kier alpha value is -2.19. The zero-order valence-corrected chi connectivity index (χ0v) is 10.5. The first-order chi connectivity index (χ1) is 9.00. The second kappa shape index (κ2) is 5.21. The van der Waals surface area contributed by atoms with E-state index in [1.165, 1.54) is 0 Å². The van der Waals surface area contributed by atoms with Crippen molar-refractivity contribution in [3.63, 3.8) is 0 Å². The van der Waals surface area contributed by atoms with Gasteiger partial charge in [0.2, 0.25) is 0 Å². The van der Waals surface area contributed by atoms with Gasteiger partial charge in [0.25, 0.3) is 10.0 Å². The molecule has 0 aliphatic heterocycles. The van der Waals surface area contributed by atoms with Crippen molar-refractivity contribution >= 4 is 16.0 Å². The largest absolute Gasteiger partial charge is 0.478 e. The van der Waals surface area contributed by atoms with Crippen LogP contribution in [0, 0.1) is 0 Å². The molecule has 0 bridgehead atoms. The monoisotopic (exact) mass is 281 g/mol. The van der Waals surface area contributed by atoms with Crippen LogP contribution in [-0.2, 0) is 16.6 Å². The van der Waals surface area contributed by atoms with Crippen LogP contribution in [0.3, 0.4) is 0 Å². The Morgan fingerprint density at radius 2 is 2.00 bits per heavy atom. The van der Waals surface area contributed by atoms with E-state index in [-0.39, 0.29) is 12.1 Å². The Bertz CT molecular complexity index is 679. The number of aromatic nitrogens is 2. The molecule has 0 spiro atoms. The molecule has 0 atom stereocenters. The number of aromatic carboxylic acids is 1. The fraction of sp³-hybridized carbons (Fsp3) is 0.0909. The number of H-pyrrole nitrogens is 1. The van der Waals surface area contributed by atoms with Crippen molar-refractivity contribution in [2.45, 2.75) is 11.6 Å². The minimum Gasteiger partial charge on any atom is -0.478 e. The lowest BCUT2D eigenvalue weighted by molar-refractivity contribution is 0.0692. The van der Waals surface area contributed by atoms with Gasteiger partial charge in [-0.15, -0.1) is 0 Å². The molecule has 0 fully saturated rings. The van der Waals surface area contributed by atoms with Crippen LogP contribution in [0.4, 0.5) is 0 Å². The quantitative estimate of drug-likeness (QED) is 0.742. The maximum absolute atomic E-state index is 11.9. The maximum atomic E-state index is 11.9. The van der Waals surface area contributed by atoms with Gasteiger partial charge in [0.15, 0.2) is 5.03 Å². The van der Waals surface area contributed by atoms with Gasteiger partial charge >= 0.3 is 5.97 Å². The zero-order chi connectivity index (χ0) is 13.9. The van der Waals surface area contributed by atoms with Crippen LogP contribution in [0.5, 0.6) is 0 Å². The number of aromatic amines is 1. The van der Waals surface area contributed by atoms with Crippen molar-refractivity contribution in [2.75, 3.05) is 0 Å². The van der Waals surface area contributed by atoms with Crippen LogP contribution in [0.15, 0.2) is 41.6 Å². The molecule has 1 aromatic heterocycles. The highest BCUT2D eigenvalue weighted by molar-refractivity contribution is 7.89. The highest BCUT2D eigenvalue weighted by Gasteiger charge is 2.24. The van der Waals surface area contributed by atoms with E-state index in [1.54, 1.807) is 24.3 Å². The predicted molar refractivity (Wildman–Crippen MR) is 66.0 cm³/mol. The third-order valence-corrected chi connectivity index (χ3v) is 3.79. The summed E-state index contributed by atoms with van der Waals surface area (Å²) < 4.78 is 26.2. The predicted octanol–water partition coefficient (Wildman–Crippen LogP) is 0.586. The van der Waals surface area contributed by atoms with E-state index in [0.29, 0.717) is 0 Å². The Morgan fingerprint density at radius 1 is 1.32 bits per heavy atom. The molecule has 7 nitrogen and oxygen atoms in total. The molecule has 8 heteroatoms. The second-order valence-corrected chi connectivity index (χ2v) is 5.43. The van der Waals surface area contributed by atoms with Gasteiger partial charge in [-0.05, 0) is 5.56 Å². The number of carbonyl (C=O) groups is 1. The Balaban J connectivity index is 2.19. The Kier molecular flexibility index (Phi) is 3.63. The van der Waals surface area contributed by atoms with Gasteiger partial charge in [-0.3, -0.25) is 5.10 Å². The molecular weight excluding hydrogens is 270 g/mol. The SMILES string of the molecule is O=C(O)c1cn[nH]c1S(=O)(=O)NCc1ccccc1. The molecule has 100 valence electrons. The molecule has 0 amide bonds. The fourth-order valence-corrected chi connectivity index (χ4v) is 2.58. The molecule has 1 aromatic carbocycles. The lowest BCUT2D eigenvalue weighted by atomic mass is 10.2. The summed E-state index contributed by atoms with van der Waals surface area (Å²) in [6.07, 6.45) is 0.958. The van der Waals surface area contributed by atoms with Crippen molar-refractivity contribution in [1.29, 1.82) is 0 Å². The standard InChI is InChI=1S/C11H11N3O4S/c15-11(16)9-7-12-14-10(9)19(17,18)13-6-8-4-2-1-3-5-8/h1-5,7,13H,6H2,(H,12,14)(H,15,16). The van der Waals surface area contributed by atoms with E-state index in [2.05, 4.69) is 14.9 Å². The number of hydrogen-bond donors (Lipinski definition) is 3. The Labute approximate surface area is 109 Å². The van der Waals surface area contributed by atoms with Crippen molar-refractivity contribution in [1.82, 2.24) is 14.9 Å². The molecule has 1 heterocycles. The molecule has 0 saturated heterocycles. The highest BCUT2D eigenvalue weighted by Crippen LogP contribution is 2.12. The number of sulfonamides is 1. The minimum absolute atomic E-state index is 0.0707. The van der Waals surface area contributed by atoms with Crippen LogP contribution in [-0.4, -0.2) is 29.7 Å². The molecule has 0 saturated carbocycles. The molecule has 0 aliphatic rings. The molecular formula is C11H11N3O4S. The summed E-state index contributed by atoms with van der Waals surface area (Å²) in [5.41, 5.74) is 0.378. The van der Waals surface area contributed by atoms with Crippen LogP contribution in [0.1, 0.15) is 15.9 Å². The highest BCUT2D eigenvalue weighted by atomic mass is 32.2. The first kappa shape index (κ1) is 13.2. The minimum atomic E-state index is -3.94. The van der Waals surface area contributed by atoms with Crippen molar-refractivity contribution in [3.05, 3.63) is 47.7 Å². The van der Waals surface area contributed by atoms with Crippen LogP contribution in [0.2, 0.25) is 0 Å². The van der Waals surface area contributed by atoms with Gasteiger partial charge in [0.1, 0.15) is 5.56 Å². The first-order valence-electron chi connectivity index (χ1n) is 5.31. The number of carboxylic acid groups (broad SMARTS) is 1. The summed E-state index contributed by atoms with van der Waals surface area (Å²) >= 11 is 0. The van der Waals surface area contributed by atoms with Gasteiger partial charge in [-0.1, -0.05) is 30.3 Å². The van der Waals surface area contributed by atoms with E-state index in [1.807, 2.05) is 6.07 Å².